The van der Waals surface area contributed by atoms with Crippen molar-refractivity contribution >= 4 is 27.6 Å². The minimum atomic E-state index is 0.127. The topological polar surface area (TPSA) is 81.8 Å². The molecule has 2 aromatic carbocycles. The second-order valence-corrected chi connectivity index (χ2v) is 6.29. The van der Waals surface area contributed by atoms with Crippen LogP contribution in [0.2, 0.25) is 0 Å². The summed E-state index contributed by atoms with van der Waals surface area (Å²) in [4.78, 5) is 8.71. The molecule has 25 heavy (non-hydrogen) atoms. The largest absolute Gasteiger partial charge is 0.396 e. The molecule has 0 unspecified atom stereocenters. The first-order valence-electron chi connectivity index (χ1n) is 7.69. The summed E-state index contributed by atoms with van der Waals surface area (Å²) in [6.07, 6.45) is 2.15. The van der Waals surface area contributed by atoms with E-state index in [9.17, 15) is 5.26 Å². The Morgan fingerprint density at radius 3 is 2.44 bits per heavy atom. The van der Waals surface area contributed by atoms with Gasteiger partial charge in [0, 0.05) is 22.3 Å². The Morgan fingerprint density at radius 1 is 1.08 bits per heavy atom. The number of anilines is 2. The highest BCUT2D eigenvalue weighted by molar-refractivity contribution is 9.10. The molecule has 0 radical (unpaired) electrons. The molecule has 0 saturated heterocycles. The summed E-state index contributed by atoms with van der Waals surface area (Å²) in [5.41, 5.74) is 3.76. The summed E-state index contributed by atoms with van der Waals surface area (Å²) >= 11 is 3.40. The van der Waals surface area contributed by atoms with E-state index < -0.39 is 0 Å². The molecule has 1 aromatic heterocycles. The summed E-state index contributed by atoms with van der Waals surface area (Å²) < 4.78 is 0.963. The molecular formula is C19H15BrN4O. The zero-order chi connectivity index (χ0) is 17.6. The normalized spacial score (nSPS) is 10.3. The average molecular weight is 395 g/mol. The Kier molecular flexibility index (Phi) is 5.39. The number of hydrogen-bond acceptors (Lipinski definition) is 5. The molecule has 0 aliphatic carbocycles. The third-order valence-corrected chi connectivity index (χ3v) is 4.17. The molecule has 2 N–H and O–H groups in total. The van der Waals surface area contributed by atoms with Gasteiger partial charge in [-0.1, -0.05) is 40.2 Å². The van der Waals surface area contributed by atoms with Crippen LogP contribution in [0.25, 0.3) is 11.3 Å². The fourth-order valence-electron chi connectivity index (χ4n) is 2.36. The summed E-state index contributed by atoms with van der Waals surface area (Å²) in [5, 5.41) is 21.4. The minimum Gasteiger partial charge on any atom is -0.396 e. The summed E-state index contributed by atoms with van der Waals surface area (Å²) in [6, 6.07) is 17.5. The molecule has 0 saturated carbocycles. The van der Waals surface area contributed by atoms with Gasteiger partial charge in [0.15, 0.2) is 0 Å². The van der Waals surface area contributed by atoms with Gasteiger partial charge in [-0.15, -0.1) is 0 Å². The lowest BCUT2D eigenvalue weighted by molar-refractivity contribution is 0.299. The molecule has 0 aliphatic rings. The van der Waals surface area contributed by atoms with Crippen molar-refractivity contribution in [1.29, 1.82) is 5.26 Å². The summed E-state index contributed by atoms with van der Waals surface area (Å²) in [5.74, 6) is 0.423. The van der Waals surface area contributed by atoms with Crippen molar-refractivity contribution in [2.75, 3.05) is 11.9 Å². The van der Waals surface area contributed by atoms with E-state index in [2.05, 4.69) is 37.3 Å². The number of nitrogens with zero attached hydrogens (tertiary/aromatic N) is 3. The summed E-state index contributed by atoms with van der Waals surface area (Å²) in [6.45, 7) is 0.127. The predicted molar refractivity (Wildman–Crippen MR) is 100 cm³/mol. The number of benzene rings is 2. The highest BCUT2D eigenvalue weighted by Gasteiger charge is 2.10. The van der Waals surface area contributed by atoms with E-state index in [0.717, 1.165) is 21.3 Å². The van der Waals surface area contributed by atoms with Crippen molar-refractivity contribution in [3.63, 3.8) is 0 Å². The molecule has 0 fully saturated rings. The molecule has 0 atom stereocenters. The molecule has 0 aliphatic heterocycles. The molecule has 1 heterocycles. The number of rotatable bonds is 5. The number of aliphatic hydroxyl groups is 1. The molecule has 0 spiro atoms. The lowest BCUT2D eigenvalue weighted by Gasteiger charge is -2.09. The highest BCUT2D eigenvalue weighted by atomic mass is 79.9. The quantitative estimate of drug-likeness (QED) is 0.681. The van der Waals surface area contributed by atoms with Crippen LogP contribution in [0.3, 0.4) is 0 Å². The molecule has 3 rings (SSSR count). The standard InChI is InChI=1S/C19H15BrN4O/c20-16-5-3-14(4-6-16)18-15(11-21)12-22-19(24-18)23-17-7-1-13(2-8-17)9-10-25/h1-8,12,25H,9-10H2,(H,22,23,24). The Labute approximate surface area is 154 Å². The molecular weight excluding hydrogens is 380 g/mol. The average Bonchev–Trinajstić information content (AvgIpc) is 2.64. The van der Waals surface area contributed by atoms with E-state index in [4.69, 9.17) is 5.11 Å². The molecule has 124 valence electrons. The van der Waals surface area contributed by atoms with E-state index in [1.807, 2.05) is 48.5 Å². The Balaban J connectivity index is 1.89. The van der Waals surface area contributed by atoms with Gasteiger partial charge < -0.3 is 10.4 Å². The van der Waals surface area contributed by atoms with Crippen LogP contribution in [-0.4, -0.2) is 21.7 Å². The van der Waals surface area contributed by atoms with Gasteiger partial charge in [0.05, 0.1) is 17.5 Å². The smallest absolute Gasteiger partial charge is 0.227 e. The van der Waals surface area contributed by atoms with Gasteiger partial charge in [-0.2, -0.15) is 5.26 Å². The van der Waals surface area contributed by atoms with Crippen molar-refractivity contribution in [3.05, 3.63) is 70.3 Å². The van der Waals surface area contributed by atoms with Gasteiger partial charge in [-0.3, -0.25) is 0 Å². The molecule has 3 aromatic rings. The molecule has 0 bridgehead atoms. The minimum absolute atomic E-state index is 0.127. The van der Waals surface area contributed by atoms with Crippen molar-refractivity contribution in [2.45, 2.75) is 6.42 Å². The number of aliphatic hydroxyl groups excluding tert-OH is 1. The number of nitrogens with one attached hydrogen (secondary N) is 1. The van der Waals surface area contributed by atoms with Crippen LogP contribution in [0.1, 0.15) is 11.1 Å². The van der Waals surface area contributed by atoms with Crippen molar-refractivity contribution < 1.29 is 5.11 Å². The number of hydrogen-bond donors (Lipinski definition) is 2. The Hall–Kier alpha value is -2.75. The van der Waals surface area contributed by atoms with Gasteiger partial charge >= 0.3 is 0 Å². The predicted octanol–water partition coefficient (Wildman–Crippen LogP) is 4.06. The number of nitriles is 1. The molecule has 0 amide bonds. The van der Waals surface area contributed by atoms with Gasteiger partial charge in [0.25, 0.3) is 0 Å². The lowest BCUT2D eigenvalue weighted by Crippen LogP contribution is -2.00. The third kappa shape index (κ3) is 4.21. The van der Waals surface area contributed by atoms with Crippen LogP contribution < -0.4 is 5.32 Å². The van der Waals surface area contributed by atoms with Crippen molar-refractivity contribution in [1.82, 2.24) is 9.97 Å². The lowest BCUT2D eigenvalue weighted by atomic mass is 10.1. The van der Waals surface area contributed by atoms with E-state index >= 15 is 0 Å². The first-order chi connectivity index (χ1) is 12.2. The maximum absolute atomic E-state index is 9.32. The van der Waals surface area contributed by atoms with Gasteiger partial charge in [-0.25, -0.2) is 9.97 Å². The van der Waals surface area contributed by atoms with E-state index in [-0.39, 0.29) is 6.61 Å². The van der Waals surface area contributed by atoms with Gasteiger partial charge in [-0.05, 0) is 36.2 Å². The van der Waals surface area contributed by atoms with Crippen molar-refractivity contribution in [3.8, 4) is 17.3 Å². The first kappa shape index (κ1) is 17.1. The maximum atomic E-state index is 9.32. The Bertz CT molecular complexity index is 902. The second-order valence-electron chi connectivity index (χ2n) is 5.37. The fourth-order valence-corrected chi connectivity index (χ4v) is 2.63. The molecule has 6 heteroatoms. The van der Waals surface area contributed by atoms with Crippen LogP contribution in [0.5, 0.6) is 0 Å². The zero-order valence-corrected chi connectivity index (χ0v) is 14.9. The monoisotopic (exact) mass is 394 g/mol. The fraction of sp³-hybridized carbons (Fsp3) is 0.105. The Morgan fingerprint density at radius 2 is 1.80 bits per heavy atom. The van der Waals surface area contributed by atoms with Crippen LogP contribution in [0.15, 0.2) is 59.2 Å². The van der Waals surface area contributed by atoms with Crippen LogP contribution in [0.4, 0.5) is 11.6 Å². The van der Waals surface area contributed by atoms with E-state index in [1.54, 1.807) is 0 Å². The highest BCUT2D eigenvalue weighted by Crippen LogP contribution is 2.25. The van der Waals surface area contributed by atoms with Gasteiger partial charge in [0.1, 0.15) is 6.07 Å². The maximum Gasteiger partial charge on any atom is 0.227 e. The second kappa shape index (κ2) is 7.88. The van der Waals surface area contributed by atoms with E-state index in [1.165, 1.54) is 6.20 Å². The van der Waals surface area contributed by atoms with Crippen LogP contribution in [0, 0.1) is 11.3 Å². The third-order valence-electron chi connectivity index (χ3n) is 3.64. The van der Waals surface area contributed by atoms with Crippen LogP contribution >= 0.6 is 15.9 Å². The van der Waals surface area contributed by atoms with Crippen molar-refractivity contribution in [2.24, 2.45) is 0 Å². The SMILES string of the molecule is N#Cc1cnc(Nc2ccc(CCO)cc2)nc1-c1ccc(Br)cc1. The zero-order valence-electron chi connectivity index (χ0n) is 13.3. The van der Waals surface area contributed by atoms with Crippen LogP contribution in [-0.2, 0) is 6.42 Å². The number of halogens is 1. The summed E-state index contributed by atoms with van der Waals surface area (Å²) in [7, 11) is 0. The molecule has 5 nitrogen and oxygen atoms in total. The first-order valence-corrected chi connectivity index (χ1v) is 8.49. The van der Waals surface area contributed by atoms with E-state index in [0.29, 0.717) is 23.6 Å². The number of aromatic nitrogens is 2. The van der Waals surface area contributed by atoms with Gasteiger partial charge in [0.2, 0.25) is 5.95 Å².